The maximum Gasteiger partial charge on any atom is 0.222 e. The van der Waals surface area contributed by atoms with Gasteiger partial charge in [0.15, 0.2) is 0 Å². The van der Waals surface area contributed by atoms with Crippen molar-refractivity contribution in [2.75, 3.05) is 20.2 Å². The van der Waals surface area contributed by atoms with Crippen molar-refractivity contribution in [1.82, 2.24) is 10.2 Å². The first-order valence-electron chi connectivity index (χ1n) is 8.88. The molecule has 4 heteroatoms. The average molecular weight is 316 g/mol. The molecule has 2 aliphatic heterocycles. The fourth-order valence-electron chi connectivity index (χ4n) is 3.88. The van der Waals surface area contributed by atoms with E-state index in [2.05, 4.69) is 5.32 Å². The fourth-order valence-corrected chi connectivity index (χ4v) is 3.88. The molecule has 126 valence electrons. The van der Waals surface area contributed by atoms with E-state index in [4.69, 9.17) is 4.74 Å². The molecular formula is C19H28N2O2. The zero-order chi connectivity index (χ0) is 16.1. The highest BCUT2D eigenvalue weighted by atomic mass is 16.5. The smallest absolute Gasteiger partial charge is 0.222 e. The SMILES string of the molecule is CN(CCCOc1ccccc1)C(=O)CC1CC2CCC(C1)N2. The number of nitrogens with one attached hydrogen (secondary N) is 1. The third-order valence-electron chi connectivity index (χ3n) is 5.11. The Morgan fingerprint density at radius 1 is 1.22 bits per heavy atom. The van der Waals surface area contributed by atoms with E-state index in [-0.39, 0.29) is 5.91 Å². The molecule has 23 heavy (non-hydrogen) atoms. The summed E-state index contributed by atoms with van der Waals surface area (Å²) in [5.74, 6) is 1.76. The summed E-state index contributed by atoms with van der Waals surface area (Å²) in [7, 11) is 1.92. The fraction of sp³-hybridized carbons (Fsp3) is 0.632. The van der Waals surface area contributed by atoms with Crippen LogP contribution >= 0.6 is 0 Å². The molecule has 2 fully saturated rings. The molecule has 2 aliphatic rings. The first kappa shape index (κ1) is 16.3. The normalized spacial score (nSPS) is 26.0. The van der Waals surface area contributed by atoms with Gasteiger partial charge in [0.25, 0.3) is 0 Å². The number of benzene rings is 1. The van der Waals surface area contributed by atoms with Gasteiger partial charge in [0, 0.05) is 32.1 Å². The van der Waals surface area contributed by atoms with Gasteiger partial charge in [-0.2, -0.15) is 0 Å². The molecule has 2 saturated heterocycles. The van der Waals surface area contributed by atoms with E-state index >= 15 is 0 Å². The predicted octanol–water partition coefficient (Wildman–Crippen LogP) is 2.83. The van der Waals surface area contributed by atoms with Crippen LogP contribution in [0.25, 0.3) is 0 Å². The Bertz CT molecular complexity index is 493. The molecule has 2 atom stereocenters. The molecule has 2 bridgehead atoms. The van der Waals surface area contributed by atoms with Crippen molar-refractivity contribution in [2.24, 2.45) is 5.92 Å². The number of ether oxygens (including phenoxy) is 1. The average Bonchev–Trinajstić information content (AvgIpc) is 2.91. The molecule has 1 N–H and O–H groups in total. The van der Waals surface area contributed by atoms with Gasteiger partial charge >= 0.3 is 0 Å². The number of fused-ring (bicyclic) bond motifs is 2. The number of rotatable bonds is 7. The molecular weight excluding hydrogens is 288 g/mol. The number of carbonyl (C=O) groups excluding carboxylic acids is 1. The highest BCUT2D eigenvalue weighted by molar-refractivity contribution is 5.76. The second kappa shape index (κ2) is 7.82. The monoisotopic (exact) mass is 316 g/mol. The van der Waals surface area contributed by atoms with E-state index in [0.717, 1.165) is 18.7 Å². The van der Waals surface area contributed by atoms with Crippen molar-refractivity contribution in [3.05, 3.63) is 30.3 Å². The first-order valence-corrected chi connectivity index (χ1v) is 8.88. The van der Waals surface area contributed by atoms with Crippen LogP contribution in [0, 0.1) is 5.92 Å². The second-order valence-electron chi connectivity index (χ2n) is 7.01. The van der Waals surface area contributed by atoms with Gasteiger partial charge in [0.1, 0.15) is 5.75 Å². The molecule has 2 heterocycles. The standard InChI is InChI=1S/C19H28N2O2/c1-21(10-5-11-23-18-6-3-2-4-7-18)19(22)14-15-12-16-8-9-17(13-15)20-16/h2-4,6-7,15-17,20H,5,8-14H2,1H3. The van der Waals surface area contributed by atoms with Crippen LogP contribution in [0.3, 0.4) is 0 Å². The quantitative estimate of drug-likeness (QED) is 0.787. The molecule has 1 aromatic rings. The number of hydrogen-bond acceptors (Lipinski definition) is 3. The highest BCUT2D eigenvalue weighted by Gasteiger charge is 2.34. The molecule has 3 rings (SSSR count). The summed E-state index contributed by atoms with van der Waals surface area (Å²) in [6.45, 7) is 1.42. The van der Waals surface area contributed by atoms with Crippen LogP contribution in [0.1, 0.15) is 38.5 Å². The van der Waals surface area contributed by atoms with Gasteiger partial charge in [-0.25, -0.2) is 0 Å². The number of amides is 1. The lowest BCUT2D eigenvalue weighted by molar-refractivity contribution is -0.131. The van der Waals surface area contributed by atoms with Gasteiger partial charge in [0.05, 0.1) is 6.61 Å². The van der Waals surface area contributed by atoms with E-state index < -0.39 is 0 Å². The molecule has 0 aromatic heterocycles. The summed E-state index contributed by atoms with van der Waals surface area (Å²) < 4.78 is 5.68. The molecule has 1 aromatic carbocycles. The third kappa shape index (κ3) is 4.71. The van der Waals surface area contributed by atoms with Crippen molar-refractivity contribution in [3.63, 3.8) is 0 Å². The Kier molecular flexibility index (Phi) is 5.55. The van der Waals surface area contributed by atoms with Crippen molar-refractivity contribution in [2.45, 2.75) is 50.6 Å². The minimum absolute atomic E-state index is 0.288. The third-order valence-corrected chi connectivity index (χ3v) is 5.11. The summed E-state index contributed by atoms with van der Waals surface area (Å²) in [5, 5.41) is 3.64. The summed E-state index contributed by atoms with van der Waals surface area (Å²) in [5.41, 5.74) is 0. The van der Waals surface area contributed by atoms with Crippen molar-refractivity contribution < 1.29 is 9.53 Å². The molecule has 0 radical (unpaired) electrons. The van der Waals surface area contributed by atoms with Crippen LogP contribution < -0.4 is 10.1 Å². The van der Waals surface area contributed by atoms with Gasteiger partial charge in [-0.15, -0.1) is 0 Å². The van der Waals surface area contributed by atoms with Crippen molar-refractivity contribution >= 4 is 5.91 Å². The van der Waals surface area contributed by atoms with Crippen LogP contribution in [-0.2, 0) is 4.79 Å². The zero-order valence-corrected chi connectivity index (χ0v) is 14.0. The van der Waals surface area contributed by atoms with Gasteiger partial charge < -0.3 is 15.0 Å². The van der Waals surface area contributed by atoms with Gasteiger partial charge in [-0.1, -0.05) is 18.2 Å². The molecule has 1 amide bonds. The second-order valence-corrected chi connectivity index (χ2v) is 7.01. The minimum Gasteiger partial charge on any atom is -0.494 e. The van der Waals surface area contributed by atoms with E-state index in [9.17, 15) is 4.79 Å². The predicted molar refractivity (Wildman–Crippen MR) is 91.5 cm³/mol. The lowest BCUT2D eigenvalue weighted by atomic mass is 9.89. The van der Waals surface area contributed by atoms with Gasteiger partial charge in [-0.05, 0) is 50.2 Å². The molecule has 0 saturated carbocycles. The summed E-state index contributed by atoms with van der Waals surface area (Å²) in [6, 6.07) is 11.2. The van der Waals surface area contributed by atoms with Gasteiger partial charge in [-0.3, -0.25) is 4.79 Å². The lowest BCUT2D eigenvalue weighted by Crippen LogP contribution is -2.40. The Morgan fingerprint density at radius 3 is 2.61 bits per heavy atom. The highest BCUT2D eigenvalue weighted by Crippen LogP contribution is 2.32. The van der Waals surface area contributed by atoms with E-state index in [1.807, 2.05) is 42.3 Å². The van der Waals surface area contributed by atoms with E-state index in [0.29, 0.717) is 31.0 Å². The number of hydrogen-bond donors (Lipinski definition) is 1. The molecule has 4 nitrogen and oxygen atoms in total. The summed E-state index contributed by atoms with van der Waals surface area (Å²) in [4.78, 5) is 14.2. The topological polar surface area (TPSA) is 41.6 Å². The van der Waals surface area contributed by atoms with Crippen LogP contribution in [0.4, 0.5) is 0 Å². The van der Waals surface area contributed by atoms with Gasteiger partial charge in [0.2, 0.25) is 5.91 Å². The Balaban J connectivity index is 1.33. The maximum absolute atomic E-state index is 12.4. The zero-order valence-electron chi connectivity index (χ0n) is 14.0. The molecule has 0 aliphatic carbocycles. The summed E-state index contributed by atoms with van der Waals surface area (Å²) >= 11 is 0. The van der Waals surface area contributed by atoms with Crippen LogP contribution in [0.5, 0.6) is 5.75 Å². The Morgan fingerprint density at radius 2 is 1.91 bits per heavy atom. The Hall–Kier alpha value is -1.55. The number of nitrogens with zero attached hydrogens (tertiary/aromatic N) is 1. The Labute approximate surface area is 139 Å². The maximum atomic E-state index is 12.4. The molecule has 0 spiro atoms. The summed E-state index contributed by atoms with van der Waals surface area (Å²) in [6.07, 6.45) is 6.52. The van der Waals surface area contributed by atoms with Crippen molar-refractivity contribution in [3.8, 4) is 5.75 Å². The number of piperidine rings is 1. The molecule has 2 unspecified atom stereocenters. The van der Waals surface area contributed by atoms with E-state index in [1.165, 1.54) is 25.7 Å². The first-order chi connectivity index (χ1) is 11.2. The largest absolute Gasteiger partial charge is 0.494 e. The number of carbonyl (C=O) groups is 1. The van der Waals surface area contributed by atoms with Crippen molar-refractivity contribution in [1.29, 1.82) is 0 Å². The van der Waals surface area contributed by atoms with E-state index in [1.54, 1.807) is 0 Å². The van der Waals surface area contributed by atoms with Crippen LogP contribution in [0.2, 0.25) is 0 Å². The minimum atomic E-state index is 0.288. The van der Waals surface area contributed by atoms with Crippen LogP contribution in [-0.4, -0.2) is 43.1 Å². The van der Waals surface area contributed by atoms with Crippen LogP contribution in [0.15, 0.2) is 30.3 Å². The number of para-hydroxylation sites is 1. The lowest BCUT2D eigenvalue weighted by Gasteiger charge is -2.30.